The van der Waals surface area contributed by atoms with E-state index in [0.29, 0.717) is 42.8 Å². The van der Waals surface area contributed by atoms with Gasteiger partial charge in [-0.15, -0.1) is 0 Å². The van der Waals surface area contributed by atoms with E-state index in [1.165, 1.54) is 5.57 Å². The molecule has 3 saturated carbocycles. The molecular weight excluding hydrogens is 368 g/mol. The van der Waals surface area contributed by atoms with Gasteiger partial charge in [0, 0.05) is 24.7 Å². The third-order valence-corrected chi connectivity index (χ3v) is 9.85. The number of carbonyl (C=O) groups is 3. The topological polar surface area (TPSA) is 80.7 Å². The lowest BCUT2D eigenvalue weighted by Gasteiger charge is -2.60. The molecular formula is C24H32O5. The molecule has 5 unspecified atom stereocenters. The van der Waals surface area contributed by atoms with E-state index in [0.717, 1.165) is 38.5 Å². The van der Waals surface area contributed by atoms with Crippen LogP contribution in [0.1, 0.15) is 78.1 Å². The van der Waals surface area contributed by atoms with Crippen LogP contribution in [0.25, 0.3) is 0 Å². The van der Waals surface area contributed by atoms with E-state index in [-0.39, 0.29) is 34.7 Å². The smallest absolute Gasteiger partial charge is 0.306 e. The van der Waals surface area contributed by atoms with Crippen LogP contribution in [0.4, 0.5) is 0 Å². The highest BCUT2D eigenvalue weighted by Gasteiger charge is 2.68. The standard InChI is InChI=1S/C24H32O5/c1-22-7-3-16(25)13-15(22)11-14(12-19(26)27)21-17(22)4-8-23(2)18(21)5-9-24(23)10-6-20(28)29-24/h11,14,17-18,21H,3-10,12-13H2,1-2H3,(H,26,27)/t14-,17?,18?,21?,22?,23?,24+/m0/s1. The molecule has 0 bridgehead atoms. The summed E-state index contributed by atoms with van der Waals surface area (Å²) in [7, 11) is 0. The summed E-state index contributed by atoms with van der Waals surface area (Å²) in [6.07, 6.45) is 9.67. The lowest BCUT2D eigenvalue weighted by Crippen LogP contribution is -2.56. The Kier molecular flexibility index (Phi) is 4.12. The molecule has 0 aromatic heterocycles. The maximum atomic E-state index is 12.2. The number of carbonyl (C=O) groups excluding carboxylic acids is 2. The Labute approximate surface area is 172 Å². The summed E-state index contributed by atoms with van der Waals surface area (Å²) in [6.45, 7) is 4.63. The molecule has 0 radical (unpaired) electrons. The highest BCUT2D eigenvalue weighted by Crippen LogP contribution is 2.70. The average molecular weight is 401 g/mol. The molecule has 5 heteroatoms. The Bertz CT molecular complexity index is 814. The highest BCUT2D eigenvalue weighted by atomic mass is 16.6. The molecule has 4 aliphatic carbocycles. The molecule has 4 fully saturated rings. The number of esters is 1. The number of rotatable bonds is 2. The summed E-state index contributed by atoms with van der Waals surface area (Å²) in [5.74, 6) is 0.533. The van der Waals surface area contributed by atoms with Crippen LogP contribution >= 0.6 is 0 Å². The van der Waals surface area contributed by atoms with Gasteiger partial charge in [-0.25, -0.2) is 0 Å². The normalized spacial score (nSPS) is 48.6. The van der Waals surface area contributed by atoms with E-state index < -0.39 is 5.97 Å². The van der Waals surface area contributed by atoms with Crippen molar-refractivity contribution in [2.24, 2.45) is 34.5 Å². The molecule has 5 aliphatic rings. The van der Waals surface area contributed by atoms with Crippen LogP contribution in [0.5, 0.6) is 0 Å². The van der Waals surface area contributed by atoms with Gasteiger partial charge in [-0.05, 0) is 67.6 Å². The van der Waals surface area contributed by atoms with Gasteiger partial charge in [-0.3, -0.25) is 14.4 Å². The summed E-state index contributed by atoms with van der Waals surface area (Å²) in [5, 5.41) is 9.65. The van der Waals surface area contributed by atoms with Crippen LogP contribution in [0.3, 0.4) is 0 Å². The monoisotopic (exact) mass is 400 g/mol. The molecule has 0 aromatic carbocycles. The third-order valence-electron chi connectivity index (χ3n) is 9.85. The quantitative estimate of drug-likeness (QED) is 0.552. The maximum absolute atomic E-state index is 12.2. The van der Waals surface area contributed by atoms with Gasteiger partial charge in [0.25, 0.3) is 0 Å². The van der Waals surface area contributed by atoms with E-state index in [1.807, 2.05) is 0 Å². The summed E-state index contributed by atoms with van der Waals surface area (Å²) < 4.78 is 6.01. The van der Waals surface area contributed by atoms with E-state index in [2.05, 4.69) is 19.9 Å². The summed E-state index contributed by atoms with van der Waals surface area (Å²) in [5.41, 5.74) is 0.797. The first-order valence-electron chi connectivity index (χ1n) is 11.4. The highest BCUT2D eigenvalue weighted by molar-refractivity contribution is 5.83. The van der Waals surface area contributed by atoms with Gasteiger partial charge < -0.3 is 9.84 Å². The largest absolute Gasteiger partial charge is 0.481 e. The predicted octanol–water partition coefficient (Wildman–Crippen LogP) is 4.29. The Morgan fingerprint density at radius 3 is 2.55 bits per heavy atom. The number of carboxylic acids is 1. The van der Waals surface area contributed by atoms with Crippen molar-refractivity contribution in [3.05, 3.63) is 11.6 Å². The summed E-state index contributed by atoms with van der Waals surface area (Å²) >= 11 is 0. The fourth-order valence-electron chi connectivity index (χ4n) is 8.33. The first-order chi connectivity index (χ1) is 13.7. The first kappa shape index (κ1) is 19.3. The molecule has 5 rings (SSSR count). The van der Waals surface area contributed by atoms with E-state index >= 15 is 0 Å². The van der Waals surface area contributed by atoms with Crippen LogP contribution in [0.15, 0.2) is 11.6 Å². The van der Waals surface area contributed by atoms with Crippen molar-refractivity contribution in [3.8, 4) is 0 Å². The van der Waals surface area contributed by atoms with Crippen LogP contribution in [-0.2, 0) is 19.1 Å². The van der Waals surface area contributed by atoms with Crippen molar-refractivity contribution in [3.63, 3.8) is 0 Å². The van der Waals surface area contributed by atoms with Gasteiger partial charge in [0.15, 0.2) is 0 Å². The molecule has 29 heavy (non-hydrogen) atoms. The van der Waals surface area contributed by atoms with Crippen LogP contribution in [-0.4, -0.2) is 28.4 Å². The number of ketones is 1. The molecule has 0 aromatic rings. The number of fused-ring (bicyclic) bond motifs is 6. The van der Waals surface area contributed by atoms with E-state index in [1.54, 1.807) is 0 Å². The van der Waals surface area contributed by atoms with Crippen molar-refractivity contribution in [2.75, 3.05) is 0 Å². The first-order valence-corrected chi connectivity index (χ1v) is 11.4. The SMILES string of the molecule is CC12CCC(=O)CC1=C[C@@H](CC(=O)O)C1C2CCC2(C)C1CC[C@@]21CCC(=O)O1. The molecule has 1 heterocycles. The van der Waals surface area contributed by atoms with Gasteiger partial charge >= 0.3 is 11.9 Å². The minimum atomic E-state index is -0.761. The Balaban J connectivity index is 1.57. The minimum Gasteiger partial charge on any atom is -0.481 e. The fourth-order valence-corrected chi connectivity index (χ4v) is 8.33. The molecule has 5 nitrogen and oxygen atoms in total. The summed E-state index contributed by atoms with van der Waals surface area (Å²) in [6, 6.07) is 0. The number of hydrogen-bond donors (Lipinski definition) is 1. The Morgan fingerprint density at radius 2 is 1.86 bits per heavy atom. The van der Waals surface area contributed by atoms with Gasteiger partial charge in [-0.2, -0.15) is 0 Å². The van der Waals surface area contributed by atoms with Crippen molar-refractivity contribution < 1.29 is 24.2 Å². The zero-order valence-corrected chi connectivity index (χ0v) is 17.5. The fraction of sp³-hybridized carbons (Fsp3) is 0.792. The van der Waals surface area contributed by atoms with E-state index in [4.69, 9.17) is 4.74 Å². The Morgan fingerprint density at radius 1 is 1.10 bits per heavy atom. The van der Waals surface area contributed by atoms with E-state index in [9.17, 15) is 19.5 Å². The van der Waals surface area contributed by atoms with Crippen molar-refractivity contribution in [1.82, 2.24) is 0 Å². The van der Waals surface area contributed by atoms with Crippen molar-refractivity contribution >= 4 is 17.7 Å². The zero-order chi connectivity index (χ0) is 20.6. The number of Topliss-reactive ketones (excluding diaryl/α,β-unsaturated/α-hetero) is 1. The van der Waals surface area contributed by atoms with Crippen molar-refractivity contribution in [1.29, 1.82) is 0 Å². The Hall–Kier alpha value is -1.65. The third kappa shape index (κ3) is 2.55. The van der Waals surface area contributed by atoms with Gasteiger partial charge in [0.2, 0.25) is 0 Å². The molecule has 7 atom stereocenters. The lowest BCUT2D eigenvalue weighted by atomic mass is 9.44. The van der Waals surface area contributed by atoms with Crippen LogP contribution in [0, 0.1) is 34.5 Å². The number of ether oxygens (including phenoxy) is 1. The molecule has 1 spiro atoms. The molecule has 1 saturated heterocycles. The second-order valence-electron chi connectivity index (χ2n) is 10.8. The minimum absolute atomic E-state index is 0.0109. The van der Waals surface area contributed by atoms with Gasteiger partial charge in [0.1, 0.15) is 11.4 Å². The maximum Gasteiger partial charge on any atom is 0.306 e. The number of carboxylic acid groups (broad SMARTS) is 1. The lowest BCUT2D eigenvalue weighted by molar-refractivity contribution is -0.169. The second-order valence-corrected chi connectivity index (χ2v) is 10.8. The molecule has 1 aliphatic heterocycles. The summed E-state index contributed by atoms with van der Waals surface area (Å²) in [4.78, 5) is 36.0. The van der Waals surface area contributed by atoms with Gasteiger partial charge in [0.05, 0.1) is 6.42 Å². The number of aliphatic carboxylic acids is 1. The second kappa shape index (κ2) is 6.18. The predicted molar refractivity (Wildman–Crippen MR) is 106 cm³/mol. The van der Waals surface area contributed by atoms with Gasteiger partial charge in [-0.1, -0.05) is 25.5 Å². The zero-order valence-electron chi connectivity index (χ0n) is 17.5. The van der Waals surface area contributed by atoms with Crippen molar-refractivity contribution in [2.45, 2.75) is 83.7 Å². The molecule has 0 amide bonds. The van der Waals surface area contributed by atoms with Crippen LogP contribution in [0.2, 0.25) is 0 Å². The molecule has 158 valence electrons. The number of hydrogen-bond acceptors (Lipinski definition) is 4. The average Bonchev–Trinajstić information content (AvgIpc) is 3.17. The molecule has 1 N–H and O–H groups in total. The van der Waals surface area contributed by atoms with Crippen LogP contribution < -0.4 is 0 Å². The number of allylic oxidation sites excluding steroid dienone is 2.